The molecule has 166 valence electrons. The second-order valence-corrected chi connectivity index (χ2v) is 7.68. The van der Waals surface area contributed by atoms with E-state index in [2.05, 4.69) is 15.7 Å². The van der Waals surface area contributed by atoms with Crippen LogP contribution in [-0.2, 0) is 9.53 Å². The van der Waals surface area contributed by atoms with Crippen molar-refractivity contribution in [1.82, 2.24) is 14.7 Å². The third kappa shape index (κ3) is 4.81. The van der Waals surface area contributed by atoms with Crippen LogP contribution in [0.15, 0.2) is 54.6 Å². The maximum absolute atomic E-state index is 12.7. The Morgan fingerprint density at radius 1 is 1.03 bits per heavy atom. The summed E-state index contributed by atoms with van der Waals surface area (Å²) < 4.78 is 7.13. The summed E-state index contributed by atoms with van der Waals surface area (Å²) >= 11 is 0. The number of rotatable bonds is 6. The van der Waals surface area contributed by atoms with Crippen LogP contribution in [0.3, 0.4) is 0 Å². The molecule has 32 heavy (non-hydrogen) atoms. The molecule has 0 bridgehead atoms. The minimum Gasteiger partial charge on any atom is -0.378 e. The molecule has 1 aliphatic rings. The Kier molecular flexibility index (Phi) is 6.51. The van der Waals surface area contributed by atoms with Crippen molar-refractivity contribution in [3.8, 4) is 5.69 Å². The van der Waals surface area contributed by atoms with E-state index in [1.807, 2.05) is 61.0 Å². The monoisotopic (exact) mass is 433 g/mol. The fourth-order valence-electron chi connectivity index (χ4n) is 3.72. The molecule has 0 radical (unpaired) electrons. The summed E-state index contributed by atoms with van der Waals surface area (Å²) in [5.74, 6) is -0.213. The fraction of sp³-hybridized carbons (Fsp3) is 0.292. The standard InChI is InChI=1S/C24H27N5O3/c1-17-23(18(2)29(27-17)21-9-4-3-5-10-21)26-22(30)16-25-20-8-6-7-19(15-20)24(31)28-11-13-32-14-12-28/h3-10,15,25H,11-14,16H2,1-2H3,(H,26,30). The van der Waals surface area contributed by atoms with E-state index in [1.54, 1.807) is 17.0 Å². The van der Waals surface area contributed by atoms with Gasteiger partial charge in [0.15, 0.2) is 0 Å². The number of nitrogens with zero attached hydrogens (tertiary/aromatic N) is 3. The minimum atomic E-state index is -0.186. The van der Waals surface area contributed by atoms with Crippen LogP contribution >= 0.6 is 0 Å². The highest BCUT2D eigenvalue weighted by Gasteiger charge is 2.19. The number of nitrogens with one attached hydrogen (secondary N) is 2. The van der Waals surface area contributed by atoms with Crippen LogP contribution in [0.25, 0.3) is 5.69 Å². The number of morpholine rings is 1. The van der Waals surface area contributed by atoms with E-state index in [4.69, 9.17) is 4.74 Å². The molecule has 0 aliphatic carbocycles. The number of carbonyl (C=O) groups is 2. The predicted octanol–water partition coefficient (Wildman–Crippen LogP) is 3.01. The molecule has 2 N–H and O–H groups in total. The number of benzene rings is 2. The van der Waals surface area contributed by atoms with Gasteiger partial charge in [0, 0.05) is 24.3 Å². The smallest absolute Gasteiger partial charge is 0.254 e. The largest absolute Gasteiger partial charge is 0.378 e. The van der Waals surface area contributed by atoms with Crippen molar-refractivity contribution in [1.29, 1.82) is 0 Å². The topological polar surface area (TPSA) is 88.5 Å². The molecular formula is C24H27N5O3. The zero-order valence-electron chi connectivity index (χ0n) is 18.3. The van der Waals surface area contributed by atoms with Gasteiger partial charge in [0.25, 0.3) is 5.91 Å². The number of hydrogen-bond donors (Lipinski definition) is 2. The number of aryl methyl sites for hydroxylation is 1. The number of aromatic nitrogens is 2. The van der Waals surface area contributed by atoms with Crippen LogP contribution in [0.2, 0.25) is 0 Å². The van der Waals surface area contributed by atoms with E-state index in [0.29, 0.717) is 43.2 Å². The molecule has 3 aromatic rings. The van der Waals surface area contributed by atoms with Crippen LogP contribution in [0.1, 0.15) is 21.7 Å². The highest BCUT2D eigenvalue weighted by Crippen LogP contribution is 2.22. The molecule has 8 nitrogen and oxygen atoms in total. The third-order valence-electron chi connectivity index (χ3n) is 5.42. The van der Waals surface area contributed by atoms with Gasteiger partial charge in [0.2, 0.25) is 5.91 Å². The lowest BCUT2D eigenvalue weighted by Gasteiger charge is -2.27. The first-order valence-corrected chi connectivity index (χ1v) is 10.7. The molecule has 0 atom stereocenters. The van der Waals surface area contributed by atoms with Crippen LogP contribution in [0.5, 0.6) is 0 Å². The van der Waals surface area contributed by atoms with E-state index in [-0.39, 0.29) is 18.4 Å². The summed E-state index contributed by atoms with van der Waals surface area (Å²) in [6.45, 7) is 6.17. The Hall–Kier alpha value is -3.65. The van der Waals surface area contributed by atoms with E-state index >= 15 is 0 Å². The number of amides is 2. The SMILES string of the molecule is Cc1nn(-c2ccccc2)c(C)c1NC(=O)CNc1cccc(C(=O)N2CCOCC2)c1. The average molecular weight is 434 g/mol. The van der Waals surface area contributed by atoms with Crippen molar-refractivity contribution < 1.29 is 14.3 Å². The van der Waals surface area contributed by atoms with Crippen molar-refractivity contribution in [3.63, 3.8) is 0 Å². The van der Waals surface area contributed by atoms with E-state index < -0.39 is 0 Å². The Morgan fingerprint density at radius 3 is 2.53 bits per heavy atom. The molecule has 1 aliphatic heterocycles. The zero-order valence-corrected chi connectivity index (χ0v) is 18.3. The molecule has 2 aromatic carbocycles. The van der Waals surface area contributed by atoms with Crippen LogP contribution in [0.4, 0.5) is 11.4 Å². The van der Waals surface area contributed by atoms with Gasteiger partial charge in [0.05, 0.1) is 42.5 Å². The van der Waals surface area contributed by atoms with E-state index in [0.717, 1.165) is 17.1 Å². The molecule has 2 heterocycles. The molecule has 2 amide bonds. The first kappa shape index (κ1) is 21.6. The lowest BCUT2D eigenvalue weighted by atomic mass is 10.1. The normalized spacial score (nSPS) is 13.6. The Bertz CT molecular complexity index is 1100. The Labute approximate surface area is 187 Å². The van der Waals surface area contributed by atoms with E-state index in [1.165, 1.54) is 0 Å². The Balaban J connectivity index is 1.39. The molecule has 1 saturated heterocycles. The van der Waals surface area contributed by atoms with Gasteiger partial charge in [-0.3, -0.25) is 9.59 Å². The first-order chi connectivity index (χ1) is 15.5. The van der Waals surface area contributed by atoms with Crippen molar-refractivity contribution >= 4 is 23.2 Å². The fourth-order valence-corrected chi connectivity index (χ4v) is 3.72. The first-order valence-electron chi connectivity index (χ1n) is 10.7. The Morgan fingerprint density at radius 2 is 1.78 bits per heavy atom. The summed E-state index contributed by atoms with van der Waals surface area (Å²) in [6, 6.07) is 17.0. The number of ether oxygens (including phenoxy) is 1. The molecule has 1 aromatic heterocycles. The number of para-hydroxylation sites is 1. The quantitative estimate of drug-likeness (QED) is 0.624. The van der Waals surface area contributed by atoms with Gasteiger partial charge >= 0.3 is 0 Å². The van der Waals surface area contributed by atoms with Crippen molar-refractivity contribution in [2.75, 3.05) is 43.5 Å². The molecule has 4 rings (SSSR count). The van der Waals surface area contributed by atoms with Crippen molar-refractivity contribution in [2.24, 2.45) is 0 Å². The summed E-state index contributed by atoms with van der Waals surface area (Å²) in [7, 11) is 0. The molecule has 1 fully saturated rings. The van der Waals surface area contributed by atoms with Crippen LogP contribution in [0, 0.1) is 13.8 Å². The maximum Gasteiger partial charge on any atom is 0.254 e. The summed E-state index contributed by atoms with van der Waals surface area (Å²) in [6.07, 6.45) is 0. The molecule has 0 unspecified atom stereocenters. The number of carbonyl (C=O) groups excluding carboxylic acids is 2. The van der Waals surface area contributed by atoms with Gasteiger partial charge in [-0.25, -0.2) is 4.68 Å². The van der Waals surface area contributed by atoms with Crippen molar-refractivity contribution in [2.45, 2.75) is 13.8 Å². The average Bonchev–Trinajstić information content (AvgIpc) is 3.12. The van der Waals surface area contributed by atoms with Gasteiger partial charge in [-0.15, -0.1) is 0 Å². The van der Waals surface area contributed by atoms with Gasteiger partial charge in [0.1, 0.15) is 0 Å². The molecule has 0 spiro atoms. The zero-order chi connectivity index (χ0) is 22.5. The third-order valence-corrected chi connectivity index (χ3v) is 5.42. The second-order valence-electron chi connectivity index (χ2n) is 7.68. The summed E-state index contributed by atoms with van der Waals surface area (Å²) in [5.41, 5.74) is 4.56. The summed E-state index contributed by atoms with van der Waals surface area (Å²) in [5, 5.41) is 10.6. The predicted molar refractivity (Wildman–Crippen MR) is 123 cm³/mol. The second kappa shape index (κ2) is 9.65. The van der Waals surface area contributed by atoms with Gasteiger partial charge < -0.3 is 20.3 Å². The number of anilines is 2. The maximum atomic E-state index is 12.7. The highest BCUT2D eigenvalue weighted by atomic mass is 16.5. The van der Waals surface area contributed by atoms with Gasteiger partial charge in [-0.2, -0.15) is 5.10 Å². The van der Waals surface area contributed by atoms with Gasteiger partial charge in [-0.1, -0.05) is 24.3 Å². The highest BCUT2D eigenvalue weighted by molar-refractivity contribution is 5.96. The van der Waals surface area contributed by atoms with Crippen molar-refractivity contribution in [3.05, 3.63) is 71.5 Å². The molecule has 0 saturated carbocycles. The lowest BCUT2D eigenvalue weighted by Crippen LogP contribution is -2.40. The lowest BCUT2D eigenvalue weighted by molar-refractivity contribution is -0.114. The number of hydrogen-bond acceptors (Lipinski definition) is 5. The van der Waals surface area contributed by atoms with Crippen LogP contribution < -0.4 is 10.6 Å². The van der Waals surface area contributed by atoms with Crippen LogP contribution in [-0.4, -0.2) is 59.3 Å². The molecule has 8 heteroatoms. The summed E-state index contributed by atoms with van der Waals surface area (Å²) in [4.78, 5) is 27.1. The molecular weight excluding hydrogens is 406 g/mol. The minimum absolute atomic E-state index is 0.0269. The van der Waals surface area contributed by atoms with Gasteiger partial charge in [-0.05, 0) is 44.2 Å². The van der Waals surface area contributed by atoms with E-state index in [9.17, 15) is 9.59 Å².